The molecule has 0 saturated carbocycles. The van der Waals surface area contributed by atoms with Gasteiger partial charge in [0.1, 0.15) is 0 Å². The first kappa shape index (κ1) is 9.77. The molecule has 0 N–H and O–H groups in total. The van der Waals surface area contributed by atoms with E-state index < -0.39 is 0 Å². The molecule has 0 bridgehead atoms. The Hall–Kier alpha value is -1.43. The summed E-state index contributed by atoms with van der Waals surface area (Å²) >= 11 is -0.152. The Balaban J connectivity index is 2.22. The van der Waals surface area contributed by atoms with E-state index in [0.717, 1.165) is 5.56 Å². The van der Waals surface area contributed by atoms with Gasteiger partial charge in [0.2, 0.25) is 7.14 Å². The first-order valence-corrected chi connectivity index (χ1v) is 6.94. The molecule has 2 aromatic carbocycles. The molecule has 4 heteroatoms. The number of benzene rings is 2. The molecule has 78 valence electrons. The summed E-state index contributed by atoms with van der Waals surface area (Å²) in [5.41, 5.74) is 2.41. The van der Waals surface area contributed by atoms with Crippen LogP contribution in [-0.2, 0) is 0 Å². The first-order chi connectivity index (χ1) is 7.75. The Morgan fingerprint density at radius 1 is 1.00 bits per heavy atom. The Kier molecular flexibility index (Phi) is 2.17. The minimum absolute atomic E-state index is 0.152. The molecule has 1 aliphatic heterocycles. The second kappa shape index (κ2) is 3.55. The van der Waals surface area contributed by atoms with Gasteiger partial charge < -0.3 is 0 Å². The van der Waals surface area contributed by atoms with Gasteiger partial charge in [0, 0.05) is 23.3 Å². The highest BCUT2D eigenvalue weighted by Crippen LogP contribution is 2.25. The fraction of sp³-hybridized carbons (Fsp3) is 0. The van der Waals surface area contributed by atoms with Crippen LogP contribution in [0.4, 0.5) is 5.69 Å². The second-order valence-electron chi connectivity index (χ2n) is 3.50. The third kappa shape index (κ3) is 1.41. The summed E-state index contributed by atoms with van der Waals surface area (Å²) in [6.45, 7) is 0. The molecule has 0 radical (unpaired) electrons. The van der Waals surface area contributed by atoms with Crippen LogP contribution in [0.1, 0.15) is 0 Å². The van der Waals surface area contributed by atoms with Crippen molar-refractivity contribution in [1.29, 1.82) is 0 Å². The fourth-order valence-electron chi connectivity index (χ4n) is 1.79. The molecule has 0 saturated heterocycles. The fourth-order valence-corrected chi connectivity index (χ4v) is 4.66. The van der Waals surface area contributed by atoms with E-state index in [9.17, 15) is 10.1 Å². The zero-order valence-electron chi connectivity index (χ0n) is 8.18. The molecule has 16 heavy (non-hydrogen) atoms. The molecule has 3 nitrogen and oxygen atoms in total. The van der Waals surface area contributed by atoms with E-state index in [-0.39, 0.29) is 31.8 Å². The summed E-state index contributed by atoms with van der Waals surface area (Å²) < 4.78 is 2.64. The molecule has 0 atom stereocenters. The van der Waals surface area contributed by atoms with Crippen molar-refractivity contribution in [2.24, 2.45) is 0 Å². The van der Waals surface area contributed by atoms with Crippen LogP contribution in [0.15, 0.2) is 42.5 Å². The smallest absolute Gasteiger partial charge is 0.258 e. The quantitative estimate of drug-likeness (QED) is 0.351. The number of hydrogen-bond acceptors (Lipinski definition) is 2. The van der Waals surface area contributed by atoms with Crippen molar-refractivity contribution in [2.75, 3.05) is 0 Å². The molecule has 0 fully saturated rings. The van der Waals surface area contributed by atoms with Crippen LogP contribution >= 0.6 is 0 Å². The van der Waals surface area contributed by atoms with Gasteiger partial charge in [0.05, 0.1) is 4.92 Å². The normalized spacial score (nSPS) is 12.0. The molecule has 0 spiro atoms. The number of hydrogen-bond donors (Lipinski definition) is 0. The van der Waals surface area contributed by atoms with E-state index in [1.54, 1.807) is 12.1 Å². The zero-order chi connectivity index (χ0) is 11.1. The topological polar surface area (TPSA) is 43.1 Å². The van der Waals surface area contributed by atoms with Gasteiger partial charge in [0.15, 0.2) is 0 Å². The van der Waals surface area contributed by atoms with Crippen LogP contribution in [0.5, 0.6) is 0 Å². The van der Waals surface area contributed by atoms with E-state index in [4.69, 9.17) is 0 Å². The van der Waals surface area contributed by atoms with Crippen molar-refractivity contribution in [1.82, 2.24) is 0 Å². The van der Waals surface area contributed by atoms with E-state index in [1.807, 2.05) is 24.3 Å². The number of halogens is 1. The van der Waals surface area contributed by atoms with Crippen molar-refractivity contribution in [3.8, 4) is 11.1 Å². The van der Waals surface area contributed by atoms with Crippen LogP contribution in [0, 0.1) is 17.3 Å². The lowest BCUT2D eigenvalue weighted by atomic mass is 10.1. The summed E-state index contributed by atoms with van der Waals surface area (Å²) in [5.74, 6) is 0. The SMILES string of the molecule is O=[N+]([O-])c1ccc2c(c1)-c1ccccc1[I+]2. The molecular formula is C12H7INO2+. The maximum atomic E-state index is 10.7. The highest BCUT2D eigenvalue weighted by atomic mass is 127. The maximum Gasteiger partial charge on any atom is 0.359 e. The molecular weight excluding hydrogens is 317 g/mol. The van der Waals surface area contributed by atoms with Gasteiger partial charge in [-0.15, -0.1) is 0 Å². The van der Waals surface area contributed by atoms with Gasteiger partial charge in [-0.3, -0.25) is 10.1 Å². The molecule has 2 aromatic rings. The largest absolute Gasteiger partial charge is 0.359 e. The average Bonchev–Trinajstić information content (AvgIpc) is 2.66. The van der Waals surface area contributed by atoms with E-state index in [0.29, 0.717) is 0 Å². The Morgan fingerprint density at radius 2 is 1.75 bits per heavy atom. The zero-order valence-corrected chi connectivity index (χ0v) is 10.3. The average molecular weight is 324 g/mol. The summed E-state index contributed by atoms with van der Waals surface area (Å²) in [4.78, 5) is 10.4. The van der Waals surface area contributed by atoms with Crippen molar-refractivity contribution >= 4 is 5.69 Å². The highest BCUT2D eigenvalue weighted by Gasteiger charge is 2.34. The van der Waals surface area contributed by atoms with Crippen molar-refractivity contribution in [2.45, 2.75) is 0 Å². The van der Waals surface area contributed by atoms with Crippen LogP contribution < -0.4 is 21.2 Å². The van der Waals surface area contributed by atoms with Crippen LogP contribution in [-0.4, -0.2) is 4.92 Å². The van der Waals surface area contributed by atoms with Crippen LogP contribution in [0.2, 0.25) is 0 Å². The molecule has 1 heterocycles. The Labute approximate surface area is 103 Å². The summed E-state index contributed by atoms with van der Waals surface area (Å²) in [5, 5.41) is 10.7. The van der Waals surface area contributed by atoms with Crippen molar-refractivity contribution in [3.63, 3.8) is 0 Å². The summed E-state index contributed by atoms with van der Waals surface area (Å²) in [6.07, 6.45) is 0. The lowest BCUT2D eigenvalue weighted by Gasteiger charge is -1.94. The number of non-ortho nitro benzene ring substituents is 1. The lowest BCUT2D eigenvalue weighted by molar-refractivity contribution is -0.590. The van der Waals surface area contributed by atoms with E-state index in [1.165, 1.54) is 12.7 Å². The van der Waals surface area contributed by atoms with Gasteiger partial charge in [-0.05, 0) is 18.2 Å². The van der Waals surface area contributed by atoms with Gasteiger partial charge in [-0.25, -0.2) is 0 Å². The lowest BCUT2D eigenvalue weighted by Crippen LogP contribution is -3.61. The van der Waals surface area contributed by atoms with Gasteiger partial charge in [-0.2, -0.15) is 0 Å². The predicted octanol–water partition coefficient (Wildman–Crippen LogP) is -0.296. The Morgan fingerprint density at radius 3 is 2.56 bits per heavy atom. The van der Waals surface area contributed by atoms with Gasteiger partial charge in [0.25, 0.3) is 5.69 Å². The van der Waals surface area contributed by atoms with Crippen molar-refractivity contribution in [3.05, 3.63) is 59.7 Å². The van der Waals surface area contributed by atoms with Crippen LogP contribution in [0.25, 0.3) is 11.1 Å². The molecule has 1 aliphatic rings. The number of nitro groups is 1. The second-order valence-corrected chi connectivity index (χ2v) is 6.36. The Bertz CT molecular complexity index is 595. The maximum absolute atomic E-state index is 10.7. The molecule has 0 aliphatic carbocycles. The predicted molar refractivity (Wildman–Crippen MR) is 55.9 cm³/mol. The molecule has 0 amide bonds. The molecule has 3 rings (SSSR count). The molecule has 0 unspecified atom stereocenters. The monoisotopic (exact) mass is 324 g/mol. The number of rotatable bonds is 1. The summed E-state index contributed by atoms with van der Waals surface area (Å²) in [6, 6.07) is 13.4. The van der Waals surface area contributed by atoms with Gasteiger partial charge in [-0.1, -0.05) is 12.1 Å². The summed E-state index contributed by atoms with van der Waals surface area (Å²) in [7, 11) is 0. The van der Waals surface area contributed by atoms with E-state index >= 15 is 0 Å². The number of nitrogens with zero attached hydrogens (tertiary/aromatic N) is 1. The number of fused-ring (bicyclic) bond motifs is 3. The standard InChI is InChI=1S/C12H7INO2/c15-14(16)8-5-6-12-10(7-8)9-3-1-2-4-11(9)13-12/h1-7H/q+1. The minimum atomic E-state index is -0.334. The third-order valence-corrected chi connectivity index (χ3v) is 5.57. The molecule has 0 aromatic heterocycles. The van der Waals surface area contributed by atoms with Crippen LogP contribution in [0.3, 0.4) is 0 Å². The van der Waals surface area contributed by atoms with E-state index in [2.05, 4.69) is 6.07 Å². The third-order valence-electron chi connectivity index (χ3n) is 2.53. The number of nitro benzene ring substituents is 1. The minimum Gasteiger partial charge on any atom is -0.258 e. The van der Waals surface area contributed by atoms with Gasteiger partial charge >= 0.3 is 21.2 Å². The first-order valence-electron chi connectivity index (χ1n) is 4.78. The highest BCUT2D eigenvalue weighted by molar-refractivity contribution is 5.67. The van der Waals surface area contributed by atoms with Crippen molar-refractivity contribution < 1.29 is 26.1 Å².